The fourth-order valence-corrected chi connectivity index (χ4v) is 2.77. The van der Waals surface area contributed by atoms with Crippen LogP contribution >= 0.6 is 0 Å². The van der Waals surface area contributed by atoms with E-state index in [1.165, 1.54) is 16.8 Å². The lowest BCUT2D eigenvalue weighted by Crippen LogP contribution is -2.29. The molecule has 0 saturated carbocycles. The number of rotatable bonds is 4. The zero-order chi connectivity index (χ0) is 18.3. The maximum atomic E-state index is 12.4. The summed E-state index contributed by atoms with van der Waals surface area (Å²) >= 11 is 0. The van der Waals surface area contributed by atoms with Gasteiger partial charge in [0.2, 0.25) is 0 Å². The first-order chi connectivity index (χ1) is 12.5. The Morgan fingerprint density at radius 3 is 2.15 bits per heavy atom. The van der Waals surface area contributed by atoms with Crippen LogP contribution in [0, 0.1) is 10.1 Å². The zero-order valence-electron chi connectivity index (χ0n) is 13.3. The Morgan fingerprint density at radius 2 is 1.58 bits per heavy atom. The second kappa shape index (κ2) is 5.88. The molecule has 4 rings (SSSR count). The van der Waals surface area contributed by atoms with Crippen molar-refractivity contribution in [3.8, 4) is 5.69 Å². The van der Waals surface area contributed by atoms with Crippen molar-refractivity contribution in [2.45, 2.75) is 6.54 Å². The lowest BCUT2D eigenvalue weighted by Gasteiger charge is -2.11. The van der Waals surface area contributed by atoms with Crippen molar-refractivity contribution >= 4 is 17.5 Å². The Bertz CT molecular complexity index is 1010. The fourth-order valence-electron chi connectivity index (χ4n) is 2.77. The van der Waals surface area contributed by atoms with E-state index in [9.17, 15) is 19.7 Å². The van der Waals surface area contributed by atoms with Crippen molar-refractivity contribution in [2.75, 3.05) is 0 Å². The molecule has 3 aromatic rings. The van der Waals surface area contributed by atoms with E-state index in [1.54, 1.807) is 42.6 Å². The molecule has 0 unspecified atom stereocenters. The monoisotopic (exact) mass is 349 g/mol. The van der Waals surface area contributed by atoms with Gasteiger partial charge in [-0.1, -0.05) is 17.3 Å². The van der Waals surface area contributed by atoms with Crippen LogP contribution in [-0.4, -0.2) is 36.6 Å². The molecule has 2 amide bonds. The van der Waals surface area contributed by atoms with Crippen LogP contribution in [0.4, 0.5) is 5.69 Å². The summed E-state index contributed by atoms with van der Waals surface area (Å²) in [6.45, 7) is -0.000667. The van der Waals surface area contributed by atoms with Gasteiger partial charge in [0.1, 0.15) is 5.69 Å². The molecule has 0 atom stereocenters. The molecule has 0 radical (unpaired) electrons. The number of fused-ring (bicyclic) bond motifs is 1. The highest BCUT2D eigenvalue weighted by Gasteiger charge is 2.35. The number of carbonyl (C=O) groups excluding carboxylic acids is 2. The summed E-state index contributed by atoms with van der Waals surface area (Å²) < 4.78 is 1.43. The molecular weight excluding hydrogens is 338 g/mol. The highest BCUT2D eigenvalue weighted by Crippen LogP contribution is 2.24. The molecule has 26 heavy (non-hydrogen) atoms. The first-order valence-electron chi connectivity index (χ1n) is 7.66. The molecule has 1 aromatic heterocycles. The zero-order valence-corrected chi connectivity index (χ0v) is 13.3. The smallest absolute Gasteiger partial charge is 0.269 e. The number of nitrogens with zero attached hydrogens (tertiary/aromatic N) is 5. The number of nitro benzene ring substituents is 1. The van der Waals surface area contributed by atoms with Crippen LogP contribution in [0.1, 0.15) is 26.4 Å². The Balaban J connectivity index is 1.55. The van der Waals surface area contributed by atoms with E-state index in [4.69, 9.17) is 0 Å². The number of non-ortho nitro benzene ring substituents is 1. The predicted octanol–water partition coefficient (Wildman–Crippen LogP) is 1.97. The molecule has 9 heteroatoms. The second-order valence-electron chi connectivity index (χ2n) is 5.67. The van der Waals surface area contributed by atoms with Crippen LogP contribution in [0.2, 0.25) is 0 Å². The van der Waals surface area contributed by atoms with Gasteiger partial charge in [-0.05, 0) is 24.3 Å². The summed E-state index contributed by atoms with van der Waals surface area (Å²) in [5.41, 5.74) is 1.73. The molecule has 1 aliphatic rings. The van der Waals surface area contributed by atoms with Crippen molar-refractivity contribution in [1.29, 1.82) is 0 Å². The Kier molecular flexibility index (Phi) is 3.54. The number of imide groups is 1. The number of benzene rings is 2. The normalized spacial score (nSPS) is 13.2. The van der Waals surface area contributed by atoms with Gasteiger partial charge in [-0.25, -0.2) is 4.68 Å². The van der Waals surface area contributed by atoms with Crippen molar-refractivity contribution in [3.05, 3.63) is 81.7 Å². The molecule has 0 spiro atoms. The Labute approximate surface area is 146 Å². The number of hydrogen-bond acceptors (Lipinski definition) is 6. The molecule has 9 nitrogen and oxygen atoms in total. The van der Waals surface area contributed by atoms with Gasteiger partial charge >= 0.3 is 0 Å². The van der Waals surface area contributed by atoms with Gasteiger partial charge in [-0.2, -0.15) is 0 Å². The third-order valence-corrected chi connectivity index (χ3v) is 4.06. The van der Waals surface area contributed by atoms with Crippen molar-refractivity contribution in [1.82, 2.24) is 19.9 Å². The highest BCUT2D eigenvalue weighted by atomic mass is 16.6. The summed E-state index contributed by atoms with van der Waals surface area (Å²) in [7, 11) is 0. The van der Waals surface area contributed by atoms with E-state index < -0.39 is 4.92 Å². The molecule has 128 valence electrons. The molecule has 0 aliphatic carbocycles. The lowest BCUT2D eigenvalue weighted by atomic mass is 10.1. The van der Waals surface area contributed by atoms with Gasteiger partial charge in [-0.15, -0.1) is 5.10 Å². The van der Waals surface area contributed by atoms with Crippen LogP contribution in [0.15, 0.2) is 54.7 Å². The van der Waals surface area contributed by atoms with E-state index in [-0.39, 0.29) is 24.0 Å². The predicted molar refractivity (Wildman–Crippen MR) is 88.7 cm³/mol. The third kappa shape index (κ3) is 2.51. The average molecular weight is 349 g/mol. The quantitative estimate of drug-likeness (QED) is 0.404. The lowest BCUT2D eigenvalue weighted by molar-refractivity contribution is -0.384. The summed E-state index contributed by atoms with van der Waals surface area (Å²) in [4.78, 5) is 36.1. The van der Waals surface area contributed by atoms with E-state index in [1.807, 2.05) is 0 Å². The van der Waals surface area contributed by atoms with E-state index in [2.05, 4.69) is 10.3 Å². The third-order valence-electron chi connectivity index (χ3n) is 4.06. The minimum atomic E-state index is -0.487. The van der Waals surface area contributed by atoms with Gasteiger partial charge < -0.3 is 0 Å². The average Bonchev–Trinajstić information content (AvgIpc) is 3.22. The number of aromatic nitrogens is 3. The molecule has 2 heterocycles. The van der Waals surface area contributed by atoms with Gasteiger partial charge in [0.25, 0.3) is 17.5 Å². The first kappa shape index (κ1) is 15.6. The van der Waals surface area contributed by atoms with Gasteiger partial charge in [0, 0.05) is 12.1 Å². The maximum absolute atomic E-state index is 12.4. The first-order valence-corrected chi connectivity index (χ1v) is 7.66. The Morgan fingerprint density at radius 1 is 0.962 bits per heavy atom. The molecule has 0 fully saturated rings. The number of hydrogen-bond donors (Lipinski definition) is 0. The van der Waals surface area contributed by atoms with Gasteiger partial charge in [0.05, 0.1) is 34.5 Å². The largest absolute Gasteiger partial charge is 0.269 e. The van der Waals surface area contributed by atoms with Crippen LogP contribution in [0.3, 0.4) is 0 Å². The molecule has 0 saturated heterocycles. The molecule has 0 N–H and O–H groups in total. The summed E-state index contributed by atoms with van der Waals surface area (Å²) in [6.07, 6.45) is 1.57. The summed E-state index contributed by atoms with van der Waals surface area (Å²) in [5, 5.41) is 18.6. The van der Waals surface area contributed by atoms with Crippen LogP contribution < -0.4 is 0 Å². The fraction of sp³-hybridized carbons (Fsp3) is 0.0588. The highest BCUT2D eigenvalue weighted by molar-refractivity contribution is 6.21. The summed E-state index contributed by atoms with van der Waals surface area (Å²) in [6, 6.07) is 12.4. The van der Waals surface area contributed by atoms with Crippen molar-refractivity contribution < 1.29 is 14.5 Å². The van der Waals surface area contributed by atoms with E-state index in [0.29, 0.717) is 22.5 Å². The molecule has 1 aliphatic heterocycles. The van der Waals surface area contributed by atoms with Crippen LogP contribution in [0.25, 0.3) is 5.69 Å². The number of amides is 2. The standard InChI is InChI=1S/C17H11N5O4/c23-16-14-3-1-2-4-15(14)17(24)20(16)9-11-10-21(19-18-11)12-5-7-13(8-6-12)22(25)26/h1-8,10H,9H2. The Hall–Kier alpha value is -3.88. The van der Waals surface area contributed by atoms with E-state index >= 15 is 0 Å². The second-order valence-corrected chi connectivity index (χ2v) is 5.67. The van der Waals surface area contributed by atoms with Gasteiger partial charge in [0.15, 0.2) is 0 Å². The van der Waals surface area contributed by atoms with E-state index in [0.717, 1.165) is 4.90 Å². The van der Waals surface area contributed by atoms with Gasteiger partial charge in [-0.3, -0.25) is 24.6 Å². The SMILES string of the molecule is O=C1c2ccccc2C(=O)N1Cc1cn(-c2ccc([N+](=O)[O-])cc2)nn1. The number of nitro groups is 1. The molecule has 0 bridgehead atoms. The van der Waals surface area contributed by atoms with Crippen LogP contribution in [0.5, 0.6) is 0 Å². The number of carbonyl (C=O) groups is 2. The minimum Gasteiger partial charge on any atom is -0.269 e. The molecular formula is C17H11N5O4. The topological polar surface area (TPSA) is 111 Å². The minimum absolute atomic E-state index is 0.000667. The molecule has 2 aromatic carbocycles. The van der Waals surface area contributed by atoms with Crippen molar-refractivity contribution in [2.24, 2.45) is 0 Å². The van der Waals surface area contributed by atoms with Crippen LogP contribution in [-0.2, 0) is 6.54 Å². The van der Waals surface area contributed by atoms with Crippen molar-refractivity contribution in [3.63, 3.8) is 0 Å². The maximum Gasteiger partial charge on any atom is 0.269 e. The summed E-state index contributed by atoms with van der Waals surface area (Å²) in [5.74, 6) is -0.731.